The van der Waals surface area contributed by atoms with E-state index in [0.717, 1.165) is 5.56 Å². The van der Waals surface area contributed by atoms with Gasteiger partial charge in [-0.1, -0.05) is 54.4 Å². The van der Waals surface area contributed by atoms with Gasteiger partial charge in [0.2, 0.25) is 5.91 Å². The van der Waals surface area contributed by atoms with Gasteiger partial charge >= 0.3 is 5.97 Å². The third-order valence-electron chi connectivity index (χ3n) is 4.10. The first-order valence-electron chi connectivity index (χ1n) is 9.07. The molecule has 0 spiro atoms. The number of anilines is 1. The van der Waals surface area contributed by atoms with E-state index >= 15 is 0 Å². The molecule has 6 nitrogen and oxygen atoms in total. The van der Waals surface area contributed by atoms with Crippen LogP contribution in [-0.4, -0.2) is 42.4 Å². The van der Waals surface area contributed by atoms with E-state index in [2.05, 4.69) is 5.32 Å². The van der Waals surface area contributed by atoms with Gasteiger partial charge in [0.1, 0.15) is 0 Å². The molecule has 0 aliphatic heterocycles. The molecular formula is C21H22Cl2N2O4. The summed E-state index contributed by atoms with van der Waals surface area (Å²) in [5.74, 6) is -1.56. The minimum atomic E-state index is -0.758. The van der Waals surface area contributed by atoms with Gasteiger partial charge in [0, 0.05) is 12.2 Å². The number of hydrogen-bond acceptors (Lipinski definition) is 4. The number of rotatable bonds is 8. The lowest BCUT2D eigenvalue weighted by atomic mass is 10.2. The van der Waals surface area contributed by atoms with Gasteiger partial charge in [-0.05, 0) is 37.1 Å². The summed E-state index contributed by atoms with van der Waals surface area (Å²) in [5.41, 5.74) is 1.68. The number of esters is 1. The van der Waals surface area contributed by atoms with E-state index in [1.807, 2.05) is 32.0 Å². The molecule has 0 radical (unpaired) electrons. The van der Waals surface area contributed by atoms with Crippen LogP contribution in [0.1, 0.15) is 29.3 Å². The van der Waals surface area contributed by atoms with Crippen molar-refractivity contribution in [3.63, 3.8) is 0 Å². The van der Waals surface area contributed by atoms with Gasteiger partial charge in [0.05, 0.1) is 22.2 Å². The molecule has 2 aromatic rings. The SMILES string of the molecule is CCCN(CC(=O)Nc1ccccc1C)C(=O)COC(=O)c1cccc(Cl)c1Cl. The zero-order chi connectivity index (χ0) is 21.4. The average Bonchev–Trinajstić information content (AvgIpc) is 2.69. The molecule has 0 bridgehead atoms. The lowest BCUT2D eigenvalue weighted by molar-refractivity contribution is -0.137. The molecule has 154 valence electrons. The second-order valence-corrected chi connectivity index (χ2v) is 7.14. The Balaban J connectivity index is 1.96. The van der Waals surface area contributed by atoms with Crippen molar-refractivity contribution in [1.82, 2.24) is 4.90 Å². The maximum atomic E-state index is 12.5. The second-order valence-electron chi connectivity index (χ2n) is 6.36. The summed E-state index contributed by atoms with van der Waals surface area (Å²) in [5, 5.41) is 3.07. The summed E-state index contributed by atoms with van der Waals surface area (Å²) in [6.07, 6.45) is 0.650. The monoisotopic (exact) mass is 436 g/mol. The molecule has 2 aromatic carbocycles. The molecule has 2 rings (SSSR count). The molecule has 29 heavy (non-hydrogen) atoms. The highest BCUT2D eigenvalue weighted by molar-refractivity contribution is 6.43. The fraction of sp³-hybridized carbons (Fsp3) is 0.286. The normalized spacial score (nSPS) is 10.3. The van der Waals surface area contributed by atoms with Crippen LogP contribution in [0.3, 0.4) is 0 Å². The van der Waals surface area contributed by atoms with Crippen molar-refractivity contribution in [1.29, 1.82) is 0 Å². The lowest BCUT2D eigenvalue weighted by Gasteiger charge is -2.21. The van der Waals surface area contributed by atoms with E-state index in [0.29, 0.717) is 18.7 Å². The molecule has 0 atom stereocenters. The summed E-state index contributed by atoms with van der Waals surface area (Å²) in [6, 6.07) is 11.9. The molecule has 0 heterocycles. The molecular weight excluding hydrogens is 415 g/mol. The molecule has 1 N–H and O–H groups in total. The van der Waals surface area contributed by atoms with Crippen LogP contribution in [0.25, 0.3) is 0 Å². The van der Waals surface area contributed by atoms with Crippen molar-refractivity contribution >= 4 is 46.7 Å². The maximum absolute atomic E-state index is 12.5. The third-order valence-corrected chi connectivity index (χ3v) is 4.92. The van der Waals surface area contributed by atoms with Gasteiger partial charge in [0.15, 0.2) is 6.61 Å². The van der Waals surface area contributed by atoms with E-state index in [1.165, 1.54) is 11.0 Å². The van der Waals surface area contributed by atoms with Crippen molar-refractivity contribution in [2.24, 2.45) is 0 Å². The summed E-state index contributed by atoms with van der Waals surface area (Å²) >= 11 is 11.9. The average molecular weight is 437 g/mol. The molecule has 0 aliphatic rings. The van der Waals surface area contributed by atoms with E-state index in [-0.39, 0.29) is 28.1 Å². The number of nitrogens with zero attached hydrogens (tertiary/aromatic N) is 1. The van der Waals surface area contributed by atoms with Crippen LogP contribution in [0.15, 0.2) is 42.5 Å². The molecule has 0 aliphatic carbocycles. The number of ether oxygens (including phenoxy) is 1. The Kier molecular flexibility index (Phi) is 8.49. The Bertz CT molecular complexity index is 902. The Labute approximate surface area is 179 Å². The molecule has 0 fully saturated rings. The minimum Gasteiger partial charge on any atom is -0.452 e. The van der Waals surface area contributed by atoms with E-state index in [4.69, 9.17) is 27.9 Å². The number of amides is 2. The van der Waals surface area contributed by atoms with Crippen molar-refractivity contribution in [2.75, 3.05) is 25.0 Å². The molecule has 2 amide bonds. The number of halogens is 2. The van der Waals surface area contributed by atoms with Gasteiger partial charge in [-0.25, -0.2) is 4.79 Å². The van der Waals surface area contributed by atoms with Gasteiger partial charge in [-0.15, -0.1) is 0 Å². The maximum Gasteiger partial charge on any atom is 0.340 e. The molecule has 0 saturated heterocycles. The van der Waals surface area contributed by atoms with Crippen LogP contribution < -0.4 is 5.32 Å². The van der Waals surface area contributed by atoms with Gasteiger partial charge < -0.3 is 15.0 Å². The number of carbonyl (C=O) groups excluding carboxylic acids is 3. The van der Waals surface area contributed by atoms with E-state index in [1.54, 1.807) is 18.2 Å². The number of benzene rings is 2. The van der Waals surface area contributed by atoms with Crippen LogP contribution >= 0.6 is 23.2 Å². The van der Waals surface area contributed by atoms with Crippen molar-refractivity contribution in [3.05, 3.63) is 63.6 Å². The van der Waals surface area contributed by atoms with Crippen molar-refractivity contribution in [3.8, 4) is 0 Å². The second kappa shape index (κ2) is 10.8. The van der Waals surface area contributed by atoms with Crippen molar-refractivity contribution < 1.29 is 19.1 Å². The van der Waals surface area contributed by atoms with Gasteiger partial charge in [-0.2, -0.15) is 0 Å². The van der Waals surface area contributed by atoms with Crippen LogP contribution in [0.2, 0.25) is 10.0 Å². The smallest absolute Gasteiger partial charge is 0.340 e. The quantitative estimate of drug-likeness (QED) is 0.624. The number of aryl methyl sites for hydroxylation is 1. The first-order chi connectivity index (χ1) is 13.8. The van der Waals surface area contributed by atoms with Crippen molar-refractivity contribution in [2.45, 2.75) is 20.3 Å². The summed E-state index contributed by atoms with van der Waals surface area (Å²) < 4.78 is 5.07. The van der Waals surface area contributed by atoms with E-state index in [9.17, 15) is 14.4 Å². The van der Waals surface area contributed by atoms with Gasteiger partial charge in [-0.3, -0.25) is 9.59 Å². The fourth-order valence-electron chi connectivity index (χ4n) is 2.60. The molecule has 0 unspecified atom stereocenters. The Morgan fingerprint density at radius 1 is 1.07 bits per heavy atom. The van der Waals surface area contributed by atoms with Crippen LogP contribution in [-0.2, 0) is 14.3 Å². The number of hydrogen-bond donors (Lipinski definition) is 1. The minimum absolute atomic E-state index is 0.0645. The summed E-state index contributed by atoms with van der Waals surface area (Å²) in [4.78, 5) is 38.4. The fourth-order valence-corrected chi connectivity index (χ4v) is 2.97. The highest BCUT2D eigenvalue weighted by Crippen LogP contribution is 2.26. The number of carbonyl (C=O) groups is 3. The zero-order valence-electron chi connectivity index (χ0n) is 16.2. The highest BCUT2D eigenvalue weighted by Gasteiger charge is 2.20. The Morgan fingerprint density at radius 3 is 2.48 bits per heavy atom. The predicted molar refractivity (Wildman–Crippen MR) is 113 cm³/mol. The van der Waals surface area contributed by atoms with Crippen LogP contribution in [0, 0.1) is 6.92 Å². The first-order valence-corrected chi connectivity index (χ1v) is 9.83. The number of nitrogens with one attached hydrogen (secondary N) is 1. The third kappa shape index (κ3) is 6.48. The molecule has 0 saturated carbocycles. The topological polar surface area (TPSA) is 75.7 Å². The molecule has 0 aromatic heterocycles. The summed E-state index contributed by atoms with van der Waals surface area (Å²) in [6.45, 7) is 3.48. The predicted octanol–water partition coefficient (Wildman–Crippen LogP) is 4.34. The van der Waals surface area contributed by atoms with E-state index < -0.39 is 18.5 Å². The molecule has 8 heteroatoms. The highest BCUT2D eigenvalue weighted by atomic mass is 35.5. The standard InChI is InChI=1S/C21H22Cl2N2O4/c1-3-11-25(12-18(26)24-17-10-5-4-7-14(17)2)19(27)13-29-21(28)15-8-6-9-16(22)20(15)23/h4-10H,3,11-13H2,1-2H3,(H,24,26). The summed E-state index contributed by atoms with van der Waals surface area (Å²) in [7, 11) is 0. The Hall–Kier alpha value is -2.57. The Morgan fingerprint density at radius 2 is 1.79 bits per heavy atom. The van der Waals surface area contributed by atoms with Crippen LogP contribution in [0.5, 0.6) is 0 Å². The zero-order valence-corrected chi connectivity index (χ0v) is 17.7. The first kappa shape index (κ1) is 22.7. The lowest BCUT2D eigenvalue weighted by Crippen LogP contribution is -2.40. The van der Waals surface area contributed by atoms with Crippen LogP contribution in [0.4, 0.5) is 5.69 Å². The van der Waals surface area contributed by atoms with Gasteiger partial charge in [0.25, 0.3) is 5.91 Å². The number of para-hydroxylation sites is 1. The largest absolute Gasteiger partial charge is 0.452 e.